The van der Waals surface area contributed by atoms with Gasteiger partial charge in [-0.15, -0.1) is 0 Å². The molecule has 0 fully saturated rings. The third kappa shape index (κ3) is 2.22. The first kappa shape index (κ1) is 12.2. The summed E-state index contributed by atoms with van der Waals surface area (Å²) < 4.78 is 0. The van der Waals surface area contributed by atoms with E-state index in [1.807, 2.05) is 0 Å². The van der Waals surface area contributed by atoms with Gasteiger partial charge in [0.25, 0.3) is 0 Å². The van der Waals surface area contributed by atoms with Crippen LogP contribution in [-0.4, -0.2) is 4.98 Å². The lowest BCUT2D eigenvalue weighted by atomic mass is 9.89. The third-order valence-electron chi connectivity index (χ3n) is 3.77. The van der Waals surface area contributed by atoms with Crippen molar-refractivity contribution in [3.63, 3.8) is 0 Å². The van der Waals surface area contributed by atoms with Crippen molar-refractivity contribution < 1.29 is 0 Å². The predicted molar refractivity (Wildman–Crippen MR) is 66.4 cm³/mol. The van der Waals surface area contributed by atoms with Crippen LogP contribution in [0.15, 0.2) is 0 Å². The smallest absolute Gasteiger partial charge is 0.0469 e. The lowest BCUT2D eigenvalue weighted by Crippen LogP contribution is -2.10. The molecule has 0 saturated heterocycles. The molecule has 1 aromatic rings. The summed E-state index contributed by atoms with van der Waals surface area (Å²) in [6, 6.07) is 0. The molecule has 0 spiro atoms. The molecule has 1 heteroatoms. The Kier molecular flexibility index (Phi) is 3.54. The zero-order valence-corrected chi connectivity index (χ0v) is 11.1. The molecule has 0 aliphatic rings. The highest BCUT2D eigenvalue weighted by molar-refractivity contribution is 5.38. The van der Waals surface area contributed by atoms with Gasteiger partial charge in [0.15, 0.2) is 0 Å². The fraction of sp³-hybridized carbons (Fsp3) is 0.643. The summed E-state index contributed by atoms with van der Waals surface area (Å²) in [6.45, 7) is 15.5. The first-order chi connectivity index (χ1) is 6.86. The van der Waals surface area contributed by atoms with E-state index in [2.05, 4.69) is 48.5 Å². The number of aryl methyl sites for hydroxylation is 1. The second-order valence-corrected chi connectivity index (χ2v) is 4.99. The predicted octanol–water partition coefficient (Wildman–Crippen LogP) is 4.07. The highest BCUT2D eigenvalue weighted by Crippen LogP contribution is 2.28. The van der Waals surface area contributed by atoms with Crippen LogP contribution in [-0.2, 0) is 0 Å². The van der Waals surface area contributed by atoms with Crippen molar-refractivity contribution in [3.05, 3.63) is 28.1 Å². The van der Waals surface area contributed by atoms with Gasteiger partial charge in [-0.2, -0.15) is 0 Å². The van der Waals surface area contributed by atoms with Crippen LogP contribution in [0.5, 0.6) is 0 Å². The molecule has 1 atom stereocenters. The van der Waals surface area contributed by atoms with Crippen LogP contribution < -0.4 is 0 Å². The largest absolute Gasteiger partial charge is 0.257 e. The zero-order valence-electron chi connectivity index (χ0n) is 11.1. The van der Waals surface area contributed by atoms with Gasteiger partial charge >= 0.3 is 0 Å². The van der Waals surface area contributed by atoms with Crippen LogP contribution in [0.4, 0.5) is 0 Å². The Balaban J connectivity index is 3.32. The molecular formula is C14H23N. The molecule has 0 aliphatic heterocycles. The molecule has 1 aromatic heterocycles. The topological polar surface area (TPSA) is 12.9 Å². The molecule has 0 N–H and O–H groups in total. The van der Waals surface area contributed by atoms with E-state index in [0.717, 1.165) is 0 Å². The molecule has 0 amide bonds. The second kappa shape index (κ2) is 4.34. The quantitative estimate of drug-likeness (QED) is 0.709. The average molecular weight is 205 g/mol. The van der Waals surface area contributed by atoms with Crippen LogP contribution in [0.2, 0.25) is 0 Å². The molecule has 1 unspecified atom stereocenters. The monoisotopic (exact) mass is 205 g/mol. The van der Waals surface area contributed by atoms with E-state index in [-0.39, 0.29) is 0 Å². The van der Waals surface area contributed by atoms with Crippen molar-refractivity contribution in [2.24, 2.45) is 5.92 Å². The Labute approximate surface area is 93.9 Å². The maximum absolute atomic E-state index is 4.75. The lowest BCUT2D eigenvalue weighted by molar-refractivity contribution is 0.519. The van der Waals surface area contributed by atoms with Gasteiger partial charge in [0.1, 0.15) is 0 Å². The van der Waals surface area contributed by atoms with E-state index in [0.29, 0.717) is 11.8 Å². The van der Waals surface area contributed by atoms with Crippen molar-refractivity contribution in [1.29, 1.82) is 0 Å². The first-order valence-corrected chi connectivity index (χ1v) is 5.80. The first-order valence-electron chi connectivity index (χ1n) is 5.80. The Morgan fingerprint density at radius 2 is 1.33 bits per heavy atom. The molecule has 84 valence electrons. The van der Waals surface area contributed by atoms with E-state index >= 15 is 0 Å². The molecule has 0 saturated carbocycles. The Bertz CT molecular complexity index is 364. The molecular weight excluding hydrogens is 182 g/mol. The SMILES string of the molecule is Cc1nc(C(C)C(C)C)c(C)c(C)c1C. The summed E-state index contributed by atoms with van der Waals surface area (Å²) in [4.78, 5) is 4.75. The average Bonchev–Trinajstić information content (AvgIpc) is 2.19. The number of hydrogen-bond acceptors (Lipinski definition) is 1. The fourth-order valence-corrected chi connectivity index (χ4v) is 1.85. The summed E-state index contributed by atoms with van der Waals surface area (Å²) in [5.74, 6) is 1.20. The lowest BCUT2D eigenvalue weighted by Gasteiger charge is -2.20. The van der Waals surface area contributed by atoms with Gasteiger partial charge in [0, 0.05) is 17.3 Å². The standard InChI is InChI=1S/C14H23N/c1-8(2)9(3)14-12(6)10(4)11(5)13(7)15-14/h8-9H,1-7H3. The van der Waals surface area contributed by atoms with Crippen LogP contribution >= 0.6 is 0 Å². The van der Waals surface area contributed by atoms with Gasteiger partial charge < -0.3 is 0 Å². The van der Waals surface area contributed by atoms with Crippen LogP contribution in [0, 0.1) is 33.6 Å². The number of rotatable bonds is 2. The van der Waals surface area contributed by atoms with Gasteiger partial charge in [-0.1, -0.05) is 20.8 Å². The Morgan fingerprint density at radius 1 is 0.800 bits per heavy atom. The summed E-state index contributed by atoms with van der Waals surface area (Å²) in [5, 5.41) is 0. The molecule has 1 heterocycles. The highest BCUT2D eigenvalue weighted by atomic mass is 14.7. The van der Waals surface area contributed by atoms with Crippen molar-refractivity contribution in [1.82, 2.24) is 4.98 Å². The van der Waals surface area contributed by atoms with Gasteiger partial charge in [-0.05, 0) is 50.3 Å². The van der Waals surface area contributed by atoms with Crippen LogP contribution in [0.1, 0.15) is 54.8 Å². The van der Waals surface area contributed by atoms with E-state index in [4.69, 9.17) is 4.98 Å². The van der Waals surface area contributed by atoms with Gasteiger partial charge in [-0.25, -0.2) is 0 Å². The molecule has 0 aromatic carbocycles. The number of pyridine rings is 1. The minimum atomic E-state index is 0.544. The molecule has 1 rings (SSSR count). The van der Waals surface area contributed by atoms with Crippen LogP contribution in [0.3, 0.4) is 0 Å². The van der Waals surface area contributed by atoms with Crippen molar-refractivity contribution in [3.8, 4) is 0 Å². The van der Waals surface area contributed by atoms with Gasteiger partial charge in [0.2, 0.25) is 0 Å². The van der Waals surface area contributed by atoms with E-state index in [1.165, 1.54) is 28.1 Å². The summed E-state index contributed by atoms with van der Waals surface area (Å²) in [6.07, 6.45) is 0. The maximum Gasteiger partial charge on any atom is 0.0469 e. The summed E-state index contributed by atoms with van der Waals surface area (Å²) in [5.41, 5.74) is 6.59. The Morgan fingerprint density at radius 3 is 1.80 bits per heavy atom. The Hall–Kier alpha value is -0.850. The summed E-state index contributed by atoms with van der Waals surface area (Å²) in [7, 11) is 0. The minimum Gasteiger partial charge on any atom is -0.257 e. The molecule has 15 heavy (non-hydrogen) atoms. The maximum atomic E-state index is 4.75. The number of aromatic nitrogens is 1. The van der Waals surface area contributed by atoms with Gasteiger partial charge in [-0.3, -0.25) is 4.98 Å². The van der Waals surface area contributed by atoms with E-state index < -0.39 is 0 Å². The molecule has 1 nitrogen and oxygen atoms in total. The van der Waals surface area contributed by atoms with Crippen molar-refractivity contribution in [2.75, 3.05) is 0 Å². The molecule has 0 bridgehead atoms. The third-order valence-corrected chi connectivity index (χ3v) is 3.77. The van der Waals surface area contributed by atoms with Crippen molar-refractivity contribution in [2.45, 2.75) is 54.4 Å². The van der Waals surface area contributed by atoms with Gasteiger partial charge in [0.05, 0.1) is 0 Å². The molecule has 0 aliphatic carbocycles. The second-order valence-electron chi connectivity index (χ2n) is 4.99. The number of nitrogens with zero attached hydrogens (tertiary/aromatic N) is 1. The minimum absolute atomic E-state index is 0.544. The number of hydrogen-bond donors (Lipinski definition) is 0. The van der Waals surface area contributed by atoms with E-state index in [1.54, 1.807) is 0 Å². The fourth-order valence-electron chi connectivity index (χ4n) is 1.85. The highest BCUT2D eigenvalue weighted by Gasteiger charge is 2.17. The summed E-state index contributed by atoms with van der Waals surface area (Å²) >= 11 is 0. The van der Waals surface area contributed by atoms with E-state index in [9.17, 15) is 0 Å². The van der Waals surface area contributed by atoms with Crippen LogP contribution in [0.25, 0.3) is 0 Å². The zero-order chi connectivity index (χ0) is 11.7. The van der Waals surface area contributed by atoms with Crippen molar-refractivity contribution >= 4 is 0 Å². The normalized spacial score (nSPS) is 13.3. The molecule has 0 radical (unpaired) electrons.